The van der Waals surface area contributed by atoms with Gasteiger partial charge in [0, 0.05) is 21.5 Å². The average molecular weight is 368 g/mol. The van der Waals surface area contributed by atoms with Crippen LogP contribution in [0.3, 0.4) is 0 Å². The van der Waals surface area contributed by atoms with E-state index in [4.69, 9.17) is 4.74 Å². The highest BCUT2D eigenvalue weighted by molar-refractivity contribution is 14.1. The summed E-state index contributed by atoms with van der Waals surface area (Å²) in [6, 6.07) is 12.1. The fourth-order valence-electron chi connectivity index (χ4n) is 2.02. The minimum atomic E-state index is 0.673. The SMILES string of the molecule is CCOc1cccc(-c2cn3cc([131I])ccc3n2)c1. The van der Waals surface area contributed by atoms with Gasteiger partial charge >= 0.3 is 0 Å². The van der Waals surface area contributed by atoms with Gasteiger partial charge in [0.05, 0.1) is 12.3 Å². The van der Waals surface area contributed by atoms with Gasteiger partial charge in [0.2, 0.25) is 0 Å². The third-order valence-electron chi connectivity index (χ3n) is 2.86. The van der Waals surface area contributed by atoms with E-state index in [9.17, 15) is 0 Å². The smallest absolute Gasteiger partial charge is 0.137 e. The van der Waals surface area contributed by atoms with Crippen molar-refractivity contribution in [2.75, 3.05) is 6.61 Å². The molecular weight excluding hydrogens is 355 g/mol. The number of fused-ring (bicyclic) bond motifs is 1. The topological polar surface area (TPSA) is 26.5 Å². The molecule has 0 spiro atoms. The molecular formula is C15H13IN2O. The van der Waals surface area contributed by atoms with E-state index in [-0.39, 0.29) is 0 Å². The van der Waals surface area contributed by atoms with Crippen LogP contribution >= 0.6 is 22.6 Å². The number of benzene rings is 1. The molecule has 0 N–H and O–H groups in total. The Morgan fingerprint density at radius 3 is 2.95 bits per heavy atom. The Hall–Kier alpha value is -1.56. The molecule has 0 radical (unpaired) electrons. The molecule has 0 aliphatic heterocycles. The molecule has 0 aliphatic carbocycles. The Bertz CT molecular complexity index is 721. The second-order valence-electron chi connectivity index (χ2n) is 4.20. The summed E-state index contributed by atoms with van der Waals surface area (Å²) in [6.45, 7) is 2.66. The van der Waals surface area contributed by atoms with Crippen molar-refractivity contribution in [3.63, 3.8) is 0 Å². The van der Waals surface area contributed by atoms with Gasteiger partial charge in [0.25, 0.3) is 0 Å². The molecule has 0 bridgehead atoms. The van der Waals surface area contributed by atoms with Gasteiger partial charge in [-0.25, -0.2) is 4.98 Å². The van der Waals surface area contributed by atoms with Gasteiger partial charge in [-0.2, -0.15) is 0 Å². The number of nitrogens with zero attached hydrogens (tertiary/aromatic N) is 2. The quantitative estimate of drug-likeness (QED) is 0.654. The van der Waals surface area contributed by atoms with Gasteiger partial charge in [0.15, 0.2) is 0 Å². The standard InChI is InChI=1S/C15H13IN2O/c1-2-19-13-5-3-4-11(8-13)14-10-18-9-12(16)6-7-15(18)17-14/h3-10H,2H2,1H3/i16+4. The molecule has 3 rings (SSSR count). The first-order valence-electron chi connectivity index (χ1n) is 6.14. The van der Waals surface area contributed by atoms with Crippen LogP contribution in [0.15, 0.2) is 48.8 Å². The molecule has 2 heterocycles. The summed E-state index contributed by atoms with van der Waals surface area (Å²) in [7, 11) is 0. The second kappa shape index (κ2) is 5.21. The van der Waals surface area contributed by atoms with Crippen molar-refractivity contribution in [2.45, 2.75) is 6.92 Å². The number of aromatic nitrogens is 2. The first kappa shape index (κ1) is 12.5. The van der Waals surface area contributed by atoms with Crippen LogP contribution in [-0.2, 0) is 0 Å². The number of ether oxygens (including phenoxy) is 1. The molecule has 0 fully saturated rings. The van der Waals surface area contributed by atoms with Crippen molar-refractivity contribution in [3.8, 4) is 17.0 Å². The highest BCUT2D eigenvalue weighted by Gasteiger charge is 2.05. The molecule has 3 aromatic rings. The molecule has 0 aliphatic rings. The molecule has 0 unspecified atom stereocenters. The Morgan fingerprint density at radius 2 is 2.11 bits per heavy atom. The predicted octanol–water partition coefficient (Wildman–Crippen LogP) is 4.00. The Labute approximate surface area is 125 Å². The molecule has 0 saturated carbocycles. The molecule has 0 amide bonds. The van der Waals surface area contributed by atoms with Crippen LogP contribution in [0.1, 0.15) is 6.92 Å². The Balaban J connectivity index is 2.05. The lowest BCUT2D eigenvalue weighted by atomic mass is 10.1. The van der Waals surface area contributed by atoms with Gasteiger partial charge in [-0.1, -0.05) is 12.1 Å². The van der Waals surface area contributed by atoms with Crippen LogP contribution in [0.25, 0.3) is 16.9 Å². The fourth-order valence-corrected chi connectivity index (χ4v) is 2.50. The van der Waals surface area contributed by atoms with Gasteiger partial charge in [-0.15, -0.1) is 0 Å². The highest BCUT2D eigenvalue weighted by atomic mass is 131. The molecule has 0 saturated heterocycles. The Morgan fingerprint density at radius 1 is 1.21 bits per heavy atom. The second-order valence-corrected chi connectivity index (χ2v) is 5.45. The molecule has 2 aromatic heterocycles. The van der Waals surface area contributed by atoms with Crippen LogP contribution in [0, 0.1) is 3.57 Å². The lowest BCUT2D eigenvalue weighted by Crippen LogP contribution is -1.91. The van der Waals surface area contributed by atoms with Gasteiger partial charge < -0.3 is 9.14 Å². The summed E-state index contributed by atoms with van der Waals surface area (Å²) in [6.07, 6.45) is 4.11. The number of pyridine rings is 1. The number of halogens is 1. The van der Waals surface area contributed by atoms with Crippen LogP contribution < -0.4 is 4.74 Å². The molecule has 0 atom stereocenters. The zero-order valence-corrected chi connectivity index (χ0v) is 12.7. The average Bonchev–Trinajstić information content (AvgIpc) is 2.82. The number of hydrogen-bond donors (Lipinski definition) is 0. The van der Waals surface area contributed by atoms with E-state index in [1.165, 1.54) is 3.57 Å². The highest BCUT2D eigenvalue weighted by Crippen LogP contribution is 2.24. The van der Waals surface area contributed by atoms with Crippen molar-refractivity contribution >= 4 is 28.2 Å². The lowest BCUT2D eigenvalue weighted by Gasteiger charge is -2.03. The minimum absolute atomic E-state index is 0.673. The summed E-state index contributed by atoms with van der Waals surface area (Å²) < 4.78 is 8.76. The zero-order valence-electron chi connectivity index (χ0n) is 10.5. The van der Waals surface area contributed by atoms with Crippen molar-refractivity contribution in [3.05, 3.63) is 52.4 Å². The molecule has 3 nitrogen and oxygen atoms in total. The maximum absolute atomic E-state index is 5.53. The van der Waals surface area contributed by atoms with Crippen molar-refractivity contribution < 1.29 is 4.74 Å². The molecule has 1 aromatic carbocycles. The monoisotopic (exact) mass is 368 g/mol. The first-order chi connectivity index (χ1) is 9.26. The van der Waals surface area contributed by atoms with E-state index in [1.54, 1.807) is 0 Å². The van der Waals surface area contributed by atoms with Crippen molar-refractivity contribution in [1.82, 2.24) is 9.38 Å². The number of rotatable bonds is 3. The first-order valence-corrected chi connectivity index (χ1v) is 7.21. The summed E-state index contributed by atoms with van der Waals surface area (Å²) >= 11 is 2.30. The van der Waals surface area contributed by atoms with Crippen LogP contribution in [0.4, 0.5) is 0 Å². The van der Waals surface area contributed by atoms with Crippen molar-refractivity contribution in [1.29, 1.82) is 0 Å². The lowest BCUT2D eigenvalue weighted by molar-refractivity contribution is 0.340. The minimum Gasteiger partial charge on any atom is -0.494 e. The van der Waals surface area contributed by atoms with Crippen molar-refractivity contribution in [2.24, 2.45) is 0 Å². The summed E-state index contributed by atoms with van der Waals surface area (Å²) in [5.74, 6) is 0.881. The zero-order chi connectivity index (χ0) is 13.2. The van der Waals surface area contributed by atoms with E-state index in [2.05, 4.69) is 45.9 Å². The van der Waals surface area contributed by atoms with E-state index in [0.717, 1.165) is 22.7 Å². The van der Waals surface area contributed by atoms with Crippen LogP contribution in [0.5, 0.6) is 5.75 Å². The van der Waals surface area contributed by atoms with Crippen LogP contribution in [0.2, 0.25) is 0 Å². The van der Waals surface area contributed by atoms with Gasteiger partial charge in [-0.05, 0) is 53.8 Å². The maximum Gasteiger partial charge on any atom is 0.137 e. The summed E-state index contributed by atoms with van der Waals surface area (Å²) in [5.41, 5.74) is 2.99. The van der Waals surface area contributed by atoms with E-state index in [1.807, 2.05) is 41.8 Å². The van der Waals surface area contributed by atoms with Gasteiger partial charge in [0.1, 0.15) is 11.4 Å². The van der Waals surface area contributed by atoms with E-state index in [0.29, 0.717) is 6.61 Å². The largest absolute Gasteiger partial charge is 0.494 e. The molecule has 4 heteroatoms. The molecule has 96 valence electrons. The normalized spacial score (nSPS) is 10.8. The third kappa shape index (κ3) is 2.58. The summed E-state index contributed by atoms with van der Waals surface area (Å²) in [5, 5.41) is 0. The number of hydrogen-bond acceptors (Lipinski definition) is 2. The van der Waals surface area contributed by atoms with E-state index < -0.39 is 0 Å². The Kier molecular flexibility index (Phi) is 3.42. The fraction of sp³-hybridized carbons (Fsp3) is 0.133. The molecule has 19 heavy (non-hydrogen) atoms. The third-order valence-corrected chi connectivity index (χ3v) is 3.49. The summed E-state index contributed by atoms with van der Waals surface area (Å²) in [4.78, 5) is 4.63. The van der Waals surface area contributed by atoms with Crippen LogP contribution in [-0.4, -0.2) is 16.0 Å². The number of imidazole rings is 1. The predicted molar refractivity (Wildman–Crippen MR) is 84.5 cm³/mol. The van der Waals surface area contributed by atoms with E-state index >= 15 is 0 Å². The van der Waals surface area contributed by atoms with Gasteiger partial charge in [-0.3, -0.25) is 0 Å². The maximum atomic E-state index is 5.53.